The van der Waals surface area contributed by atoms with E-state index in [4.69, 9.17) is 5.73 Å². The van der Waals surface area contributed by atoms with Gasteiger partial charge in [0.15, 0.2) is 0 Å². The number of para-hydroxylation sites is 1. The molecule has 0 aliphatic heterocycles. The number of rotatable bonds is 5. The minimum absolute atomic E-state index is 0.0575. The molecule has 0 aromatic heterocycles. The maximum absolute atomic E-state index is 12.4. The van der Waals surface area contributed by atoms with Gasteiger partial charge in [-0.05, 0) is 61.7 Å². The zero-order valence-corrected chi connectivity index (χ0v) is 13.2. The highest BCUT2D eigenvalue weighted by atomic mass is 16.1. The summed E-state index contributed by atoms with van der Waals surface area (Å²) in [5, 5.41) is 6.34. The second kappa shape index (κ2) is 7.29. The van der Waals surface area contributed by atoms with Gasteiger partial charge < -0.3 is 16.4 Å². The maximum Gasteiger partial charge on any atom is 0.227 e. The molecule has 4 nitrogen and oxygen atoms in total. The molecule has 2 aromatic rings. The Hall–Kier alpha value is -2.33. The van der Waals surface area contributed by atoms with Crippen molar-refractivity contribution in [3.63, 3.8) is 0 Å². The highest BCUT2D eigenvalue weighted by Gasteiger charge is 2.31. The second-order valence-electron chi connectivity index (χ2n) is 6.09. The SMILES string of the molecule is NC[C@H]1CCC[C@H]1C(=O)Nc1ccc(Nc2ccccc2)cc1. The molecule has 1 saturated carbocycles. The topological polar surface area (TPSA) is 67.2 Å². The molecule has 0 saturated heterocycles. The Morgan fingerprint density at radius 2 is 1.61 bits per heavy atom. The van der Waals surface area contributed by atoms with Gasteiger partial charge in [0.2, 0.25) is 5.91 Å². The molecule has 23 heavy (non-hydrogen) atoms. The molecule has 2 aromatic carbocycles. The van der Waals surface area contributed by atoms with Crippen LogP contribution in [0.1, 0.15) is 19.3 Å². The van der Waals surface area contributed by atoms with Crippen LogP contribution in [0.15, 0.2) is 54.6 Å². The fourth-order valence-corrected chi connectivity index (χ4v) is 3.22. The molecular weight excluding hydrogens is 286 g/mol. The van der Waals surface area contributed by atoms with Gasteiger partial charge in [0.1, 0.15) is 0 Å². The number of nitrogens with one attached hydrogen (secondary N) is 2. The van der Waals surface area contributed by atoms with Crippen LogP contribution in [0.3, 0.4) is 0 Å². The molecule has 3 rings (SSSR count). The third kappa shape index (κ3) is 3.90. The molecule has 1 fully saturated rings. The van der Waals surface area contributed by atoms with Crippen molar-refractivity contribution in [2.45, 2.75) is 19.3 Å². The van der Waals surface area contributed by atoms with Crippen LogP contribution < -0.4 is 16.4 Å². The van der Waals surface area contributed by atoms with E-state index in [0.29, 0.717) is 12.5 Å². The largest absolute Gasteiger partial charge is 0.356 e. The summed E-state index contributed by atoms with van der Waals surface area (Å²) in [4.78, 5) is 12.4. The molecule has 2 atom stereocenters. The summed E-state index contributed by atoms with van der Waals surface area (Å²) in [6.07, 6.45) is 3.11. The van der Waals surface area contributed by atoms with Crippen LogP contribution in [-0.4, -0.2) is 12.5 Å². The van der Waals surface area contributed by atoms with E-state index in [2.05, 4.69) is 10.6 Å². The Kier molecular flexibility index (Phi) is 4.93. The van der Waals surface area contributed by atoms with Gasteiger partial charge in [-0.15, -0.1) is 0 Å². The van der Waals surface area contributed by atoms with Gasteiger partial charge >= 0.3 is 0 Å². The molecule has 1 aliphatic carbocycles. The van der Waals surface area contributed by atoms with Crippen molar-refractivity contribution in [3.8, 4) is 0 Å². The van der Waals surface area contributed by atoms with E-state index >= 15 is 0 Å². The minimum atomic E-state index is 0.0575. The molecule has 1 amide bonds. The summed E-state index contributed by atoms with van der Waals surface area (Å²) in [5.74, 6) is 0.484. The Bertz CT molecular complexity index is 639. The summed E-state index contributed by atoms with van der Waals surface area (Å²) in [6, 6.07) is 17.8. The summed E-state index contributed by atoms with van der Waals surface area (Å²) in [6.45, 7) is 0.595. The Labute approximate surface area is 137 Å². The van der Waals surface area contributed by atoms with E-state index in [-0.39, 0.29) is 11.8 Å². The van der Waals surface area contributed by atoms with Crippen molar-refractivity contribution in [1.82, 2.24) is 0 Å². The first kappa shape index (κ1) is 15.6. The molecule has 120 valence electrons. The van der Waals surface area contributed by atoms with Gasteiger partial charge in [0, 0.05) is 23.0 Å². The summed E-state index contributed by atoms with van der Waals surface area (Å²) in [7, 11) is 0. The Balaban J connectivity index is 1.60. The van der Waals surface area contributed by atoms with Crippen LogP contribution in [0.2, 0.25) is 0 Å². The average Bonchev–Trinajstić information content (AvgIpc) is 3.06. The zero-order chi connectivity index (χ0) is 16.1. The van der Waals surface area contributed by atoms with Crippen LogP contribution in [0, 0.1) is 11.8 Å². The summed E-state index contributed by atoms with van der Waals surface area (Å²) < 4.78 is 0. The van der Waals surface area contributed by atoms with Crippen molar-refractivity contribution in [2.75, 3.05) is 17.2 Å². The number of nitrogens with two attached hydrogens (primary N) is 1. The molecular formula is C19H23N3O. The molecule has 0 radical (unpaired) electrons. The van der Waals surface area contributed by atoms with Crippen molar-refractivity contribution in [1.29, 1.82) is 0 Å². The maximum atomic E-state index is 12.4. The Morgan fingerprint density at radius 3 is 2.30 bits per heavy atom. The first-order valence-corrected chi connectivity index (χ1v) is 8.19. The lowest BCUT2D eigenvalue weighted by molar-refractivity contribution is -0.120. The third-order valence-electron chi connectivity index (χ3n) is 4.51. The minimum Gasteiger partial charge on any atom is -0.356 e. The highest BCUT2D eigenvalue weighted by Crippen LogP contribution is 2.32. The number of carbonyl (C=O) groups excluding carboxylic acids is 1. The normalized spacial score (nSPS) is 20.2. The van der Waals surface area contributed by atoms with E-state index in [1.807, 2.05) is 54.6 Å². The van der Waals surface area contributed by atoms with Crippen LogP contribution in [0.5, 0.6) is 0 Å². The summed E-state index contributed by atoms with van der Waals surface area (Å²) >= 11 is 0. The fraction of sp³-hybridized carbons (Fsp3) is 0.316. The smallest absolute Gasteiger partial charge is 0.227 e. The lowest BCUT2D eigenvalue weighted by Crippen LogP contribution is -2.29. The number of hydrogen-bond acceptors (Lipinski definition) is 3. The molecule has 1 aliphatic rings. The van der Waals surface area contributed by atoms with Crippen molar-refractivity contribution in [2.24, 2.45) is 17.6 Å². The molecule has 0 heterocycles. The van der Waals surface area contributed by atoms with Crippen LogP contribution >= 0.6 is 0 Å². The van der Waals surface area contributed by atoms with E-state index in [1.54, 1.807) is 0 Å². The first-order valence-electron chi connectivity index (χ1n) is 8.19. The van der Waals surface area contributed by atoms with Crippen LogP contribution in [0.4, 0.5) is 17.1 Å². The lowest BCUT2D eigenvalue weighted by atomic mass is 9.95. The molecule has 0 bridgehead atoms. The predicted octanol–water partition coefficient (Wildman–Crippen LogP) is 3.74. The highest BCUT2D eigenvalue weighted by molar-refractivity contribution is 5.93. The fourth-order valence-electron chi connectivity index (χ4n) is 3.22. The number of benzene rings is 2. The first-order chi connectivity index (χ1) is 11.3. The van der Waals surface area contributed by atoms with Crippen molar-refractivity contribution < 1.29 is 4.79 Å². The number of hydrogen-bond donors (Lipinski definition) is 3. The van der Waals surface area contributed by atoms with Gasteiger partial charge in [-0.3, -0.25) is 4.79 Å². The van der Waals surface area contributed by atoms with Gasteiger partial charge in [-0.1, -0.05) is 24.6 Å². The monoisotopic (exact) mass is 309 g/mol. The molecule has 4 heteroatoms. The van der Waals surface area contributed by atoms with E-state index in [1.165, 1.54) is 0 Å². The zero-order valence-electron chi connectivity index (χ0n) is 13.2. The van der Waals surface area contributed by atoms with Crippen LogP contribution in [-0.2, 0) is 4.79 Å². The van der Waals surface area contributed by atoms with Gasteiger partial charge in [-0.25, -0.2) is 0 Å². The number of anilines is 3. The number of carbonyl (C=O) groups is 1. The average molecular weight is 309 g/mol. The van der Waals surface area contributed by atoms with E-state index < -0.39 is 0 Å². The van der Waals surface area contributed by atoms with Gasteiger partial charge in [-0.2, -0.15) is 0 Å². The van der Waals surface area contributed by atoms with Gasteiger partial charge in [0.05, 0.1) is 0 Å². The number of amides is 1. The van der Waals surface area contributed by atoms with Crippen molar-refractivity contribution in [3.05, 3.63) is 54.6 Å². The Morgan fingerprint density at radius 1 is 0.957 bits per heavy atom. The second-order valence-corrected chi connectivity index (χ2v) is 6.09. The summed E-state index contributed by atoms with van der Waals surface area (Å²) in [5.41, 5.74) is 8.63. The third-order valence-corrected chi connectivity index (χ3v) is 4.51. The quantitative estimate of drug-likeness (QED) is 0.788. The van der Waals surface area contributed by atoms with E-state index in [0.717, 1.165) is 36.3 Å². The predicted molar refractivity (Wildman–Crippen MR) is 94.7 cm³/mol. The molecule has 0 spiro atoms. The lowest BCUT2D eigenvalue weighted by Gasteiger charge is -2.17. The van der Waals surface area contributed by atoms with Crippen molar-refractivity contribution >= 4 is 23.0 Å². The molecule has 4 N–H and O–H groups in total. The van der Waals surface area contributed by atoms with Crippen LogP contribution in [0.25, 0.3) is 0 Å². The van der Waals surface area contributed by atoms with Gasteiger partial charge in [0.25, 0.3) is 0 Å². The van der Waals surface area contributed by atoms with E-state index in [9.17, 15) is 4.79 Å². The standard InChI is InChI=1S/C19H23N3O/c20-13-14-5-4-8-18(14)19(23)22-17-11-9-16(10-12-17)21-15-6-2-1-3-7-15/h1-3,6-7,9-12,14,18,21H,4-5,8,13,20H2,(H,22,23)/t14-,18-/m1/s1. The molecule has 0 unspecified atom stereocenters.